The molecule has 1 aromatic heterocycles. The van der Waals surface area contributed by atoms with Gasteiger partial charge in [-0.15, -0.1) is 0 Å². The Morgan fingerprint density at radius 2 is 2.18 bits per heavy atom. The highest BCUT2D eigenvalue weighted by Gasteiger charge is 2.13. The standard InChI is InChI=1S/C13H21N3S/c1-2-6-11-15-12(9-13(17)16-11)14-10-7-4-3-5-8-10/h9-10H,2-8H2,1H3,(H2,14,15,16,17). The Labute approximate surface area is 108 Å². The minimum Gasteiger partial charge on any atom is -0.369 e. The predicted octanol–water partition coefficient (Wildman–Crippen LogP) is 3.84. The molecule has 0 aromatic carbocycles. The van der Waals surface area contributed by atoms with Crippen LogP contribution in [0.1, 0.15) is 51.3 Å². The molecule has 2 N–H and O–H groups in total. The molecule has 1 aliphatic carbocycles. The molecule has 0 aliphatic heterocycles. The van der Waals surface area contributed by atoms with E-state index in [1.165, 1.54) is 32.1 Å². The first-order valence-electron chi connectivity index (χ1n) is 6.64. The average molecular weight is 251 g/mol. The lowest BCUT2D eigenvalue weighted by Crippen LogP contribution is -2.23. The van der Waals surface area contributed by atoms with Crippen molar-refractivity contribution in [3.63, 3.8) is 0 Å². The maximum Gasteiger partial charge on any atom is 0.131 e. The van der Waals surface area contributed by atoms with Gasteiger partial charge in [-0.3, -0.25) is 0 Å². The second kappa shape index (κ2) is 6.15. The van der Waals surface area contributed by atoms with E-state index >= 15 is 0 Å². The zero-order chi connectivity index (χ0) is 12.1. The minimum atomic E-state index is 0.603. The molecule has 0 atom stereocenters. The van der Waals surface area contributed by atoms with Gasteiger partial charge in [0.05, 0.1) is 0 Å². The third kappa shape index (κ3) is 3.80. The van der Waals surface area contributed by atoms with E-state index in [0.29, 0.717) is 10.7 Å². The third-order valence-corrected chi connectivity index (χ3v) is 3.45. The van der Waals surface area contributed by atoms with Gasteiger partial charge in [-0.1, -0.05) is 38.4 Å². The van der Waals surface area contributed by atoms with Crippen molar-refractivity contribution in [2.75, 3.05) is 5.32 Å². The van der Waals surface area contributed by atoms with Crippen LogP contribution in [0.15, 0.2) is 6.07 Å². The molecule has 94 valence electrons. The fourth-order valence-electron chi connectivity index (χ4n) is 2.41. The first-order valence-corrected chi connectivity index (χ1v) is 7.05. The van der Waals surface area contributed by atoms with Crippen LogP contribution < -0.4 is 5.32 Å². The molecule has 0 bridgehead atoms. The van der Waals surface area contributed by atoms with Crippen LogP contribution in [-0.4, -0.2) is 16.0 Å². The number of rotatable bonds is 4. The lowest BCUT2D eigenvalue weighted by Gasteiger charge is -2.23. The largest absolute Gasteiger partial charge is 0.369 e. The van der Waals surface area contributed by atoms with Gasteiger partial charge in [-0.25, -0.2) is 4.98 Å². The monoisotopic (exact) mass is 251 g/mol. The fraction of sp³-hybridized carbons (Fsp3) is 0.692. The maximum atomic E-state index is 5.20. The summed E-state index contributed by atoms with van der Waals surface area (Å²) in [6.45, 7) is 2.15. The molecule has 4 heteroatoms. The van der Waals surface area contributed by atoms with E-state index < -0.39 is 0 Å². The van der Waals surface area contributed by atoms with Crippen molar-refractivity contribution in [2.45, 2.75) is 57.9 Å². The van der Waals surface area contributed by atoms with Crippen molar-refractivity contribution < 1.29 is 0 Å². The molecular formula is C13H21N3S. The summed E-state index contributed by atoms with van der Waals surface area (Å²) in [5.74, 6) is 2.04. The second-order valence-electron chi connectivity index (χ2n) is 4.81. The Kier molecular flexibility index (Phi) is 4.54. The molecule has 0 radical (unpaired) electrons. The summed E-state index contributed by atoms with van der Waals surface area (Å²) in [5.41, 5.74) is 0. The fourth-order valence-corrected chi connectivity index (χ4v) is 2.64. The number of aromatic nitrogens is 2. The molecule has 1 fully saturated rings. The quantitative estimate of drug-likeness (QED) is 0.799. The summed E-state index contributed by atoms with van der Waals surface area (Å²) in [4.78, 5) is 7.68. The minimum absolute atomic E-state index is 0.603. The zero-order valence-corrected chi connectivity index (χ0v) is 11.3. The van der Waals surface area contributed by atoms with Gasteiger partial charge in [0.25, 0.3) is 0 Å². The first kappa shape index (κ1) is 12.6. The molecular weight excluding hydrogens is 230 g/mol. The summed E-state index contributed by atoms with van der Waals surface area (Å²) in [6.07, 6.45) is 8.65. The second-order valence-corrected chi connectivity index (χ2v) is 5.23. The Bertz CT molecular complexity index is 407. The van der Waals surface area contributed by atoms with Crippen LogP contribution in [0, 0.1) is 4.64 Å². The Balaban J connectivity index is 2.06. The van der Waals surface area contributed by atoms with E-state index in [4.69, 9.17) is 12.2 Å². The number of anilines is 1. The highest BCUT2D eigenvalue weighted by molar-refractivity contribution is 7.71. The highest BCUT2D eigenvalue weighted by atomic mass is 32.1. The number of nitrogens with one attached hydrogen (secondary N) is 2. The topological polar surface area (TPSA) is 40.7 Å². The number of H-pyrrole nitrogens is 1. The normalized spacial score (nSPS) is 17.0. The maximum absolute atomic E-state index is 5.20. The number of hydrogen-bond acceptors (Lipinski definition) is 3. The van der Waals surface area contributed by atoms with E-state index in [0.717, 1.165) is 24.5 Å². The van der Waals surface area contributed by atoms with Gasteiger partial charge < -0.3 is 10.3 Å². The van der Waals surface area contributed by atoms with Crippen LogP contribution in [0.3, 0.4) is 0 Å². The van der Waals surface area contributed by atoms with Crippen molar-refractivity contribution in [2.24, 2.45) is 0 Å². The Morgan fingerprint density at radius 1 is 1.41 bits per heavy atom. The summed E-state index contributed by atoms with van der Waals surface area (Å²) in [6, 6.07) is 2.54. The number of hydrogen-bond donors (Lipinski definition) is 2. The zero-order valence-electron chi connectivity index (χ0n) is 10.5. The molecule has 1 aromatic rings. The number of aryl methyl sites for hydroxylation is 1. The van der Waals surface area contributed by atoms with E-state index in [1.54, 1.807) is 0 Å². The molecule has 0 unspecified atom stereocenters. The van der Waals surface area contributed by atoms with Gasteiger partial charge in [0.15, 0.2) is 0 Å². The summed E-state index contributed by atoms with van der Waals surface area (Å²) < 4.78 is 0.686. The molecule has 17 heavy (non-hydrogen) atoms. The van der Waals surface area contributed by atoms with Gasteiger partial charge >= 0.3 is 0 Å². The van der Waals surface area contributed by atoms with E-state index in [-0.39, 0.29) is 0 Å². The number of aromatic amines is 1. The lowest BCUT2D eigenvalue weighted by molar-refractivity contribution is 0.461. The Hall–Kier alpha value is -0.900. The van der Waals surface area contributed by atoms with Gasteiger partial charge in [0, 0.05) is 18.5 Å². The molecule has 2 rings (SSSR count). The summed E-state index contributed by atoms with van der Waals surface area (Å²) >= 11 is 5.20. The van der Waals surface area contributed by atoms with Crippen LogP contribution >= 0.6 is 12.2 Å². The van der Waals surface area contributed by atoms with Crippen LogP contribution in [0.25, 0.3) is 0 Å². The highest BCUT2D eigenvalue weighted by Crippen LogP contribution is 2.20. The molecule has 0 saturated heterocycles. The van der Waals surface area contributed by atoms with Gasteiger partial charge in [0.1, 0.15) is 16.3 Å². The van der Waals surface area contributed by atoms with Gasteiger partial charge in [-0.2, -0.15) is 0 Å². The molecule has 1 aliphatic rings. The molecule has 3 nitrogen and oxygen atoms in total. The van der Waals surface area contributed by atoms with Crippen molar-refractivity contribution in [1.82, 2.24) is 9.97 Å². The van der Waals surface area contributed by atoms with Crippen LogP contribution in [-0.2, 0) is 6.42 Å². The van der Waals surface area contributed by atoms with Crippen molar-refractivity contribution in [1.29, 1.82) is 0 Å². The van der Waals surface area contributed by atoms with Gasteiger partial charge in [-0.05, 0) is 19.3 Å². The third-order valence-electron chi connectivity index (χ3n) is 3.24. The molecule has 0 spiro atoms. The molecule has 1 heterocycles. The smallest absolute Gasteiger partial charge is 0.131 e. The molecule has 0 amide bonds. The van der Waals surface area contributed by atoms with Crippen molar-refractivity contribution in [3.8, 4) is 0 Å². The van der Waals surface area contributed by atoms with E-state index in [2.05, 4.69) is 22.2 Å². The summed E-state index contributed by atoms with van der Waals surface area (Å²) in [7, 11) is 0. The van der Waals surface area contributed by atoms with Gasteiger partial charge in [0.2, 0.25) is 0 Å². The SMILES string of the molecule is CCCc1nc(=S)cc(NC2CCCCC2)[nH]1. The van der Waals surface area contributed by atoms with Crippen molar-refractivity contribution in [3.05, 3.63) is 16.5 Å². The van der Waals surface area contributed by atoms with E-state index in [9.17, 15) is 0 Å². The van der Waals surface area contributed by atoms with E-state index in [1.807, 2.05) is 6.07 Å². The summed E-state index contributed by atoms with van der Waals surface area (Å²) in [5, 5.41) is 3.56. The van der Waals surface area contributed by atoms with Crippen LogP contribution in [0.5, 0.6) is 0 Å². The average Bonchev–Trinajstić information content (AvgIpc) is 2.30. The predicted molar refractivity (Wildman–Crippen MR) is 73.9 cm³/mol. The van der Waals surface area contributed by atoms with Crippen LogP contribution in [0.2, 0.25) is 0 Å². The Morgan fingerprint density at radius 3 is 2.88 bits per heavy atom. The van der Waals surface area contributed by atoms with Crippen molar-refractivity contribution >= 4 is 18.0 Å². The van der Waals surface area contributed by atoms with Crippen LogP contribution in [0.4, 0.5) is 5.82 Å². The number of nitrogens with zero attached hydrogens (tertiary/aromatic N) is 1. The lowest BCUT2D eigenvalue weighted by atomic mass is 9.95. The first-order chi connectivity index (χ1) is 8.28. The molecule has 1 saturated carbocycles.